The second kappa shape index (κ2) is 4.21. The van der Waals surface area contributed by atoms with E-state index in [1.165, 1.54) is 0 Å². The molecule has 1 aromatic heterocycles. The van der Waals surface area contributed by atoms with Crippen LogP contribution >= 0.6 is 11.6 Å². The fourth-order valence-corrected chi connectivity index (χ4v) is 1.92. The second-order valence-electron chi connectivity index (χ2n) is 3.59. The molecular formula is C11H14ClN3. The number of aromatic nitrogens is 2. The summed E-state index contributed by atoms with van der Waals surface area (Å²) in [5.41, 5.74) is 7.45. The Kier molecular flexibility index (Phi) is 2.93. The Hall–Kier alpha value is -1.06. The largest absolute Gasteiger partial charge is 0.331 e. The first-order chi connectivity index (χ1) is 7.24. The molecule has 0 saturated carbocycles. The van der Waals surface area contributed by atoms with Crippen LogP contribution in [0.3, 0.4) is 0 Å². The summed E-state index contributed by atoms with van der Waals surface area (Å²) in [4.78, 5) is 4.52. The van der Waals surface area contributed by atoms with Gasteiger partial charge in [0.15, 0.2) is 0 Å². The molecule has 0 aliphatic rings. The van der Waals surface area contributed by atoms with Crippen LogP contribution in [0.2, 0.25) is 5.02 Å². The molecule has 15 heavy (non-hydrogen) atoms. The van der Waals surface area contributed by atoms with Crippen molar-refractivity contribution in [2.75, 3.05) is 6.54 Å². The number of halogens is 1. The van der Waals surface area contributed by atoms with E-state index < -0.39 is 0 Å². The number of nitrogens with zero attached hydrogens (tertiary/aromatic N) is 2. The summed E-state index contributed by atoms with van der Waals surface area (Å²) in [6.07, 6.45) is 1.85. The van der Waals surface area contributed by atoms with Crippen LogP contribution in [-0.2, 0) is 13.5 Å². The maximum absolute atomic E-state index is 6.08. The highest BCUT2D eigenvalue weighted by Gasteiger charge is 2.08. The third-order valence-electron chi connectivity index (χ3n) is 2.56. The van der Waals surface area contributed by atoms with E-state index in [9.17, 15) is 0 Å². The zero-order valence-corrected chi connectivity index (χ0v) is 9.46. The highest BCUT2D eigenvalue weighted by atomic mass is 35.5. The van der Waals surface area contributed by atoms with E-state index in [1.807, 2.05) is 25.2 Å². The number of benzene rings is 1. The smallest absolute Gasteiger partial charge is 0.109 e. The predicted octanol–water partition coefficient (Wildman–Crippen LogP) is 2.12. The van der Waals surface area contributed by atoms with E-state index in [-0.39, 0.29) is 0 Å². The van der Waals surface area contributed by atoms with Gasteiger partial charge >= 0.3 is 0 Å². The zero-order chi connectivity index (χ0) is 10.8. The van der Waals surface area contributed by atoms with Gasteiger partial charge in [-0.05, 0) is 25.1 Å². The van der Waals surface area contributed by atoms with Gasteiger partial charge in [-0.2, -0.15) is 0 Å². The summed E-state index contributed by atoms with van der Waals surface area (Å²) in [6, 6.07) is 5.84. The molecule has 0 atom stereocenters. The van der Waals surface area contributed by atoms with Crippen LogP contribution in [0.25, 0.3) is 11.0 Å². The Morgan fingerprint density at radius 1 is 1.47 bits per heavy atom. The number of rotatable bonds is 3. The van der Waals surface area contributed by atoms with Crippen molar-refractivity contribution in [3.05, 3.63) is 29.0 Å². The molecule has 2 aromatic rings. The van der Waals surface area contributed by atoms with Crippen LogP contribution in [0.15, 0.2) is 18.2 Å². The number of hydrogen-bond acceptors (Lipinski definition) is 2. The van der Waals surface area contributed by atoms with Gasteiger partial charge in [0.25, 0.3) is 0 Å². The quantitative estimate of drug-likeness (QED) is 0.866. The van der Waals surface area contributed by atoms with Crippen LogP contribution in [0.4, 0.5) is 0 Å². The first-order valence-corrected chi connectivity index (χ1v) is 5.41. The highest BCUT2D eigenvalue weighted by molar-refractivity contribution is 6.34. The van der Waals surface area contributed by atoms with Gasteiger partial charge in [0.05, 0.1) is 10.5 Å². The number of hydrogen-bond donors (Lipinski definition) is 1. The number of aryl methyl sites for hydroxylation is 2. The molecule has 1 heterocycles. The third kappa shape index (κ3) is 1.85. The van der Waals surface area contributed by atoms with Crippen molar-refractivity contribution >= 4 is 22.6 Å². The van der Waals surface area contributed by atoms with Gasteiger partial charge in [0.1, 0.15) is 11.3 Å². The fourth-order valence-electron chi connectivity index (χ4n) is 1.71. The van der Waals surface area contributed by atoms with Gasteiger partial charge in [0, 0.05) is 13.5 Å². The summed E-state index contributed by atoms with van der Waals surface area (Å²) in [6.45, 7) is 0.691. The molecule has 80 valence electrons. The normalized spacial score (nSPS) is 11.1. The highest BCUT2D eigenvalue weighted by Crippen LogP contribution is 2.23. The minimum atomic E-state index is 0.691. The van der Waals surface area contributed by atoms with Crippen LogP contribution in [0.1, 0.15) is 12.2 Å². The van der Waals surface area contributed by atoms with E-state index in [2.05, 4.69) is 9.55 Å². The lowest BCUT2D eigenvalue weighted by molar-refractivity contribution is 0.741. The minimum absolute atomic E-state index is 0.691. The molecule has 0 fully saturated rings. The molecule has 0 radical (unpaired) electrons. The number of para-hydroxylation sites is 1. The standard InChI is InChI=1S/C11H14ClN3/c1-15-9-5-2-4-8(12)11(9)14-10(15)6-3-7-13/h2,4-5H,3,6-7,13H2,1H3. The Balaban J connectivity index is 2.49. The summed E-state index contributed by atoms with van der Waals surface area (Å²) in [5.74, 6) is 1.04. The van der Waals surface area contributed by atoms with Crippen LogP contribution in [0, 0.1) is 0 Å². The van der Waals surface area contributed by atoms with Crippen molar-refractivity contribution < 1.29 is 0 Å². The van der Waals surface area contributed by atoms with Gasteiger partial charge in [0.2, 0.25) is 0 Å². The van der Waals surface area contributed by atoms with E-state index in [0.29, 0.717) is 11.6 Å². The van der Waals surface area contributed by atoms with E-state index in [1.54, 1.807) is 0 Å². The second-order valence-corrected chi connectivity index (χ2v) is 3.99. The third-order valence-corrected chi connectivity index (χ3v) is 2.86. The van der Waals surface area contributed by atoms with Gasteiger partial charge < -0.3 is 10.3 Å². The summed E-state index contributed by atoms with van der Waals surface area (Å²) < 4.78 is 2.08. The number of fused-ring (bicyclic) bond motifs is 1. The van der Waals surface area contributed by atoms with E-state index in [0.717, 1.165) is 29.7 Å². The van der Waals surface area contributed by atoms with Crippen molar-refractivity contribution in [2.24, 2.45) is 12.8 Å². The molecule has 0 unspecified atom stereocenters. The monoisotopic (exact) mass is 223 g/mol. The average Bonchev–Trinajstić information content (AvgIpc) is 2.55. The Morgan fingerprint density at radius 3 is 2.93 bits per heavy atom. The summed E-state index contributed by atoms with van der Waals surface area (Å²) in [7, 11) is 2.01. The Bertz CT molecular complexity index is 476. The predicted molar refractivity (Wildman–Crippen MR) is 63.1 cm³/mol. The summed E-state index contributed by atoms with van der Waals surface area (Å²) >= 11 is 6.08. The van der Waals surface area contributed by atoms with Crippen molar-refractivity contribution in [3.8, 4) is 0 Å². The molecule has 0 spiro atoms. The molecule has 2 rings (SSSR count). The molecule has 1 aromatic carbocycles. The first kappa shape index (κ1) is 10.5. The molecule has 4 heteroatoms. The lowest BCUT2D eigenvalue weighted by Crippen LogP contribution is -2.04. The lowest BCUT2D eigenvalue weighted by atomic mass is 10.3. The Morgan fingerprint density at radius 2 is 2.27 bits per heavy atom. The molecule has 2 N–H and O–H groups in total. The topological polar surface area (TPSA) is 43.8 Å². The fraction of sp³-hybridized carbons (Fsp3) is 0.364. The number of nitrogens with two attached hydrogens (primary N) is 1. The SMILES string of the molecule is Cn1c(CCCN)nc2c(Cl)cccc21. The molecule has 0 saturated heterocycles. The maximum atomic E-state index is 6.08. The molecule has 0 amide bonds. The van der Waals surface area contributed by atoms with Crippen LogP contribution in [-0.4, -0.2) is 16.1 Å². The Labute approximate surface area is 93.9 Å². The van der Waals surface area contributed by atoms with Crippen LogP contribution in [0.5, 0.6) is 0 Å². The van der Waals surface area contributed by atoms with Crippen molar-refractivity contribution in [3.63, 3.8) is 0 Å². The summed E-state index contributed by atoms with van der Waals surface area (Å²) in [5, 5.41) is 0.710. The number of imidazole rings is 1. The lowest BCUT2D eigenvalue weighted by Gasteiger charge is -2.00. The molecule has 3 nitrogen and oxygen atoms in total. The van der Waals surface area contributed by atoms with E-state index >= 15 is 0 Å². The van der Waals surface area contributed by atoms with Gasteiger partial charge in [-0.15, -0.1) is 0 Å². The molecule has 0 aliphatic carbocycles. The molecule has 0 bridgehead atoms. The first-order valence-electron chi connectivity index (χ1n) is 5.04. The van der Waals surface area contributed by atoms with Gasteiger partial charge in [-0.3, -0.25) is 0 Å². The van der Waals surface area contributed by atoms with Gasteiger partial charge in [-0.1, -0.05) is 17.7 Å². The average molecular weight is 224 g/mol. The van der Waals surface area contributed by atoms with Crippen molar-refractivity contribution in [1.29, 1.82) is 0 Å². The zero-order valence-electron chi connectivity index (χ0n) is 8.70. The van der Waals surface area contributed by atoms with E-state index in [4.69, 9.17) is 17.3 Å². The molecular weight excluding hydrogens is 210 g/mol. The van der Waals surface area contributed by atoms with Gasteiger partial charge in [-0.25, -0.2) is 4.98 Å². The minimum Gasteiger partial charge on any atom is -0.331 e. The maximum Gasteiger partial charge on any atom is 0.109 e. The van der Waals surface area contributed by atoms with Crippen molar-refractivity contribution in [1.82, 2.24) is 9.55 Å². The molecule has 0 aliphatic heterocycles. The van der Waals surface area contributed by atoms with Crippen LogP contribution < -0.4 is 5.73 Å². The van der Waals surface area contributed by atoms with Crippen molar-refractivity contribution in [2.45, 2.75) is 12.8 Å².